The highest BCUT2D eigenvalue weighted by Gasteiger charge is 2.17. The van der Waals surface area contributed by atoms with Gasteiger partial charge in [-0.05, 0) is 128 Å². The number of para-hydroxylation sites is 1. The lowest BCUT2D eigenvalue weighted by Gasteiger charge is -2.26. The Hall–Kier alpha value is -7.72. The predicted octanol–water partition coefficient (Wildman–Crippen LogP) is 17.2. The number of thiophene rings is 1. The van der Waals surface area contributed by atoms with Crippen LogP contribution in [0, 0.1) is 0 Å². The van der Waals surface area contributed by atoms with Crippen LogP contribution in [0.25, 0.3) is 97.4 Å². The van der Waals surface area contributed by atoms with Crippen LogP contribution >= 0.6 is 11.3 Å². The molecule has 0 saturated heterocycles. The SMILES string of the molecule is c1cc(-c2ccc3oc4ccccc4c3c2)cc(N(c2ccc(-c3ccc(-c4ccc5ccccc5c4)cc3)cc2)c2ccc(-c3cccc4sc5ccccc5c34)cc2)c1. The van der Waals surface area contributed by atoms with Crippen molar-refractivity contribution in [2.45, 2.75) is 0 Å². The highest BCUT2D eigenvalue weighted by Crippen LogP contribution is 2.43. The van der Waals surface area contributed by atoms with Gasteiger partial charge >= 0.3 is 0 Å². The minimum atomic E-state index is 0.900. The second-order valence-corrected chi connectivity index (χ2v) is 16.8. The van der Waals surface area contributed by atoms with E-state index in [1.54, 1.807) is 0 Å². The van der Waals surface area contributed by atoms with Gasteiger partial charge in [0.15, 0.2) is 0 Å². The topological polar surface area (TPSA) is 16.4 Å². The van der Waals surface area contributed by atoms with Crippen molar-refractivity contribution in [3.63, 3.8) is 0 Å². The lowest BCUT2D eigenvalue weighted by atomic mass is 9.98. The molecule has 286 valence electrons. The van der Waals surface area contributed by atoms with E-state index in [9.17, 15) is 0 Å². The fourth-order valence-electron chi connectivity index (χ4n) is 9.01. The first kappa shape index (κ1) is 35.2. The van der Waals surface area contributed by atoms with Crippen LogP contribution in [0.1, 0.15) is 0 Å². The van der Waals surface area contributed by atoms with Crippen LogP contribution in [0.4, 0.5) is 17.1 Å². The van der Waals surface area contributed by atoms with Gasteiger partial charge in [0, 0.05) is 48.0 Å². The molecule has 0 radical (unpaired) electrons. The molecule has 61 heavy (non-hydrogen) atoms. The molecule has 12 aromatic rings. The van der Waals surface area contributed by atoms with E-state index < -0.39 is 0 Å². The van der Waals surface area contributed by atoms with E-state index in [1.807, 2.05) is 23.5 Å². The first-order valence-electron chi connectivity index (χ1n) is 20.7. The molecule has 0 aliphatic rings. The molecule has 2 nitrogen and oxygen atoms in total. The van der Waals surface area contributed by atoms with Crippen molar-refractivity contribution in [2.24, 2.45) is 0 Å². The van der Waals surface area contributed by atoms with E-state index in [-0.39, 0.29) is 0 Å². The summed E-state index contributed by atoms with van der Waals surface area (Å²) in [4.78, 5) is 2.37. The lowest BCUT2D eigenvalue weighted by Crippen LogP contribution is -2.10. The van der Waals surface area contributed by atoms with Crippen molar-refractivity contribution >= 4 is 81.3 Å². The molecule has 0 amide bonds. The Bertz CT molecular complexity index is 3580. The lowest BCUT2D eigenvalue weighted by molar-refractivity contribution is 0.669. The molecule has 10 aromatic carbocycles. The van der Waals surface area contributed by atoms with Gasteiger partial charge in [-0.25, -0.2) is 0 Å². The fourth-order valence-corrected chi connectivity index (χ4v) is 10.1. The number of rotatable bonds is 7. The van der Waals surface area contributed by atoms with E-state index in [1.165, 1.54) is 64.3 Å². The Morgan fingerprint density at radius 1 is 0.311 bits per heavy atom. The van der Waals surface area contributed by atoms with E-state index in [0.717, 1.165) is 50.1 Å². The zero-order valence-corrected chi connectivity index (χ0v) is 33.9. The maximum atomic E-state index is 6.18. The molecule has 0 fully saturated rings. The molecule has 3 heteroatoms. The highest BCUT2D eigenvalue weighted by atomic mass is 32.1. The van der Waals surface area contributed by atoms with Gasteiger partial charge in [0.2, 0.25) is 0 Å². The van der Waals surface area contributed by atoms with Crippen LogP contribution in [0.2, 0.25) is 0 Å². The summed E-state index contributed by atoms with van der Waals surface area (Å²) >= 11 is 1.86. The van der Waals surface area contributed by atoms with E-state index >= 15 is 0 Å². The van der Waals surface area contributed by atoms with Gasteiger partial charge in [0.1, 0.15) is 11.2 Å². The third kappa shape index (κ3) is 6.26. The van der Waals surface area contributed by atoms with Gasteiger partial charge in [0.25, 0.3) is 0 Å². The number of anilines is 3. The molecule has 0 unspecified atom stereocenters. The van der Waals surface area contributed by atoms with Gasteiger partial charge in [-0.1, -0.05) is 152 Å². The van der Waals surface area contributed by atoms with Crippen LogP contribution < -0.4 is 4.90 Å². The number of hydrogen-bond donors (Lipinski definition) is 0. The summed E-state index contributed by atoms with van der Waals surface area (Å²) in [6.07, 6.45) is 0. The summed E-state index contributed by atoms with van der Waals surface area (Å²) < 4.78 is 8.80. The third-order valence-electron chi connectivity index (χ3n) is 12.1. The van der Waals surface area contributed by atoms with E-state index in [2.05, 4.69) is 217 Å². The predicted molar refractivity (Wildman–Crippen MR) is 261 cm³/mol. The van der Waals surface area contributed by atoms with Crippen molar-refractivity contribution in [2.75, 3.05) is 4.90 Å². The maximum Gasteiger partial charge on any atom is 0.135 e. The molecular weight excluding hydrogens is 759 g/mol. The van der Waals surface area contributed by atoms with Crippen molar-refractivity contribution in [3.05, 3.63) is 224 Å². The maximum absolute atomic E-state index is 6.18. The van der Waals surface area contributed by atoms with Crippen LogP contribution in [-0.2, 0) is 0 Å². The summed E-state index contributed by atoms with van der Waals surface area (Å²) in [7, 11) is 0. The molecule has 0 bridgehead atoms. The summed E-state index contributed by atoms with van der Waals surface area (Å²) in [6, 6.07) is 81.3. The molecule has 12 rings (SSSR count). The summed E-state index contributed by atoms with van der Waals surface area (Å²) in [6.45, 7) is 0. The van der Waals surface area contributed by atoms with Crippen LogP contribution in [-0.4, -0.2) is 0 Å². The van der Waals surface area contributed by atoms with E-state index in [4.69, 9.17) is 4.42 Å². The Kier molecular flexibility index (Phi) is 8.39. The van der Waals surface area contributed by atoms with Gasteiger partial charge in [0.05, 0.1) is 0 Å². The highest BCUT2D eigenvalue weighted by molar-refractivity contribution is 7.25. The molecule has 0 N–H and O–H groups in total. The molecule has 0 aliphatic heterocycles. The van der Waals surface area contributed by atoms with Crippen LogP contribution in [0.3, 0.4) is 0 Å². The van der Waals surface area contributed by atoms with Gasteiger partial charge in [-0.15, -0.1) is 11.3 Å². The largest absolute Gasteiger partial charge is 0.456 e. The van der Waals surface area contributed by atoms with Crippen LogP contribution in [0.5, 0.6) is 0 Å². The smallest absolute Gasteiger partial charge is 0.135 e. The molecule has 2 heterocycles. The second kappa shape index (κ2) is 14.5. The molecule has 2 aromatic heterocycles. The standard InChI is InChI=1S/C58H37NOS/c1-2-10-43-35-45(24-23-38(43)9-1)41-21-19-39(20-22-41)40-25-30-47(31-26-40)59(48-32-27-42(28-33-48)50-15-8-18-57-58(50)52-14-4-6-17-56(52)61-57)49-12-7-11-44(36-49)46-29-34-55-53(37-46)51-13-3-5-16-54(51)60-55/h1-37H. The average Bonchev–Trinajstić information content (AvgIpc) is 3.91. The first-order valence-corrected chi connectivity index (χ1v) is 21.5. The van der Waals surface area contributed by atoms with Crippen LogP contribution in [0.15, 0.2) is 229 Å². The summed E-state index contributed by atoms with van der Waals surface area (Å²) in [5.74, 6) is 0. The fraction of sp³-hybridized carbons (Fsp3) is 0. The van der Waals surface area contributed by atoms with Crippen molar-refractivity contribution in [1.82, 2.24) is 0 Å². The first-order chi connectivity index (χ1) is 30.2. The number of furan rings is 1. The molecular formula is C58H37NOS. The zero-order chi connectivity index (χ0) is 40.3. The zero-order valence-electron chi connectivity index (χ0n) is 33.1. The molecule has 0 atom stereocenters. The average molecular weight is 796 g/mol. The van der Waals surface area contributed by atoms with Crippen molar-refractivity contribution in [1.29, 1.82) is 0 Å². The number of benzene rings is 10. The summed E-state index contributed by atoms with van der Waals surface area (Å²) in [5, 5.41) is 7.40. The van der Waals surface area contributed by atoms with Crippen molar-refractivity contribution in [3.8, 4) is 44.5 Å². The normalized spacial score (nSPS) is 11.6. The van der Waals surface area contributed by atoms with Crippen molar-refractivity contribution < 1.29 is 4.42 Å². The monoisotopic (exact) mass is 795 g/mol. The summed E-state index contributed by atoms with van der Waals surface area (Å²) in [5.41, 5.74) is 14.6. The second-order valence-electron chi connectivity index (χ2n) is 15.7. The van der Waals surface area contributed by atoms with E-state index in [0.29, 0.717) is 0 Å². The Balaban J connectivity index is 0.924. The Labute approximate surface area is 357 Å². The number of fused-ring (bicyclic) bond motifs is 7. The minimum Gasteiger partial charge on any atom is -0.456 e. The molecule has 0 saturated carbocycles. The number of hydrogen-bond acceptors (Lipinski definition) is 3. The Morgan fingerprint density at radius 2 is 0.869 bits per heavy atom. The quantitative estimate of drug-likeness (QED) is 0.160. The number of nitrogens with zero attached hydrogens (tertiary/aromatic N) is 1. The van der Waals surface area contributed by atoms with Gasteiger partial charge < -0.3 is 9.32 Å². The minimum absolute atomic E-state index is 0.900. The Morgan fingerprint density at radius 3 is 1.67 bits per heavy atom. The van der Waals surface area contributed by atoms with Gasteiger partial charge in [-0.2, -0.15) is 0 Å². The van der Waals surface area contributed by atoms with Gasteiger partial charge in [-0.3, -0.25) is 0 Å². The third-order valence-corrected chi connectivity index (χ3v) is 13.2. The molecule has 0 aliphatic carbocycles. The molecule has 0 spiro atoms.